The van der Waals surface area contributed by atoms with Gasteiger partial charge >= 0.3 is 12.4 Å². The smallest absolute Gasteiger partial charge is 0.237 e. The number of hydrogen-bond acceptors (Lipinski definition) is 2. The topological polar surface area (TPSA) is 25.8 Å². The summed E-state index contributed by atoms with van der Waals surface area (Å²) in [7, 11) is 0. The fraction of sp³-hybridized carbons (Fsp3) is 0.231. The number of hydrogen-bond donors (Lipinski definition) is 0. The van der Waals surface area contributed by atoms with Crippen molar-refractivity contribution in [3.63, 3.8) is 0 Å². The Morgan fingerprint density at radius 1 is 0.905 bits per heavy atom. The lowest BCUT2D eigenvalue weighted by Crippen LogP contribution is -2.12. The molecular formula is C13H8F6N2. The zero-order valence-corrected chi connectivity index (χ0v) is 10.5. The lowest BCUT2D eigenvalue weighted by Gasteiger charge is -2.15. The number of halogens is 6. The van der Waals surface area contributed by atoms with Gasteiger partial charge in [-0.25, -0.2) is 9.97 Å². The van der Waals surface area contributed by atoms with Crippen molar-refractivity contribution < 1.29 is 26.3 Å². The standard InChI is InChI=1S/C13H8F6N2/c1-7-4-5-20-11(21-7)9-3-2-8(12(14,15)16)6-10(9)13(17,18)19/h2-6H,1H3. The Kier molecular flexibility index (Phi) is 3.65. The van der Waals surface area contributed by atoms with Crippen LogP contribution >= 0.6 is 0 Å². The van der Waals surface area contributed by atoms with Crippen LogP contribution in [0.4, 0.5) is 26.3 Å². The number of rotatable bonds is 1. The Hall–Kier alpha value is -2.12. The first-order valence-electron chi connectivity index (χ1n) is 5.67. The molecule has 1 aromatic carbocycles. The minimum atomic E-state index is -4.94. The van der Waals surface area contributed by atoms with E-state index in [0.717, 1.165) is 6.07 Å². The number of nitrogens with zero attached hydrogens (tertiary/aromatic N) is 2. The normalized spacial score (nSPS) is 12.5. The van der Waals surface area contributed by atoms with Crippen LogP contribution in [0.5, 0.6) is 0 Å². The highest BCUT2D eigenvalue weighted by Gasteiger charge is 2.38. The zero-order valence-electron chi connectivity index (χ0n) is 10.5. The van der Waals surface area contributed by atoms with Crippen LogP contribution in [-0.2, 0) is 12.4 Å². The van der Waals surface area contributed by atoms with E-state index in [-0.39, 0.29) is 11.9 Å². The van der Waals surface area contributed by atoms with Gasteiger partial charge in [-0.1, -0.05) is 0 Å². The van der Waals surface area contributed by atoms with Gasteiger partial charge in [0, 0.05) is 17.5 Å². The van der Waals surface area contributed by atoms with Gasteiger partial charge in [-0.05, 0) is 31.2 Å². The maximum Gasteiger partial charge on any atom is 0.417 e. The molecule has 0 unspecified atom stereocenters. The van der Waals surface area contributed by atoms with Crippen molar-refractivity contribution in [2.45, 2.75) is 19.3 Å². The molecule has 112 valence electrons. The average molecular weight is 306 g/mol. The molecule has 0 radical (unpaired) electrons. The van der Waals surface area contributed by atoms with Crippen molar-refractivity contribution in [2.24, 2.45) is 0 Å². The third kappa shape index (κ3) is 3.32. The molecule has 21 heavy (non-hydrogen) atoms. The molecular weight excluding hydrogens is 298 g/mol. The summed E-state index contributed by atoms with van der Waals surface area (Å²) >= 11 is 0. The van der Waals surface area contributed by atoms with Gasteiger partial charge in [-0.3, -0.25) is 0 Å². The highest BCUT2D eigenvalue weighted by atomic mass is 19.4. The van der Waals surface area contributed by atoms with Crippen LogP contribution < -0.4 is 0 Å². The first-order chi connectivity index (χ1) is 9.59. The van der Waals surface area contributed by atoms with E-state index >= 15 is 0 Å². The highest BCUT2D eigenvalue weighted by Crippen LogP contribution is 2.39. The van der Waals surface area contributed by atoms with Crippen molar-refractivity contribution in [3.8, 4) is 11.4 Å². The summed E-state index contributed by atoms with van der Waals surface area (Å²) in [6.07, 6.45) is -8.55. The molecule has 0 aliphatic rings. The Morgan fingerprint density at radius 2 is 1.57 bits per heavy atom. The van der Waals surface area contributed by atoms with Gasteiger partial charge < -0.3 is 0 Å². The predicted octanol–water partition coefficient (Wildman–Crippen LogP) is 4.49. The van der Waals surface area contributed by atoms with E-state index in [9.17, 15) is 26.3 Å². The van der Waals surface area contributed by atoms with Gasteiger partial charge in [0.05, 0.1) is 11.1 Å². The fourth-order valence-electron chi connectivity index (χ4n) is 1.73. The Bertz CT molecular complexity index is 660. The van der Waals surface area contributed by atoms with Gasteiger partial charge in [-0.15, -0.1) is 0 Å². The van der Waals surface area contributed by atoms with E-state index in [2.05, 4.69) is 9.97 Å². The SMILES string of the molecule is Cc1ccnc(-c2ccc(C(F)(F)F)cc2C(F)(F)F)n1. The van der Waals surface area contributed by atoms with Gasteiger partial charge in [-0.2, -0.15) is 26.3 Å². The molecule has 1 aromatic heterocycles. The summed E-state index contributed by atoms with van der Waals surface area (Å²) in [5.41, 5.74) is -2.86. The lowest BCUT2D eigenvalue weighted by molar-refractivity contribution is -0.142. The molecule has 2 nitrogen and oxygen atoms in total. The summed E-state index contributed by atoms with van der Waals surface area (Å²) in [5.74, 6) is -0.268. The largest absolute Gasteiger partial charge is 0.417 e. The quantitative estimate of drug-likeness (QED) is 0.725. The second kappa shape index (κ2) is 5.01. The van der Waals surface area contributed by atoms with E-state index in [1.165, 1.54) is 12.3 Å². The van der Waals surface area contributed by atoms with Gasteiger partial charge in [0.2, 0.25) is 0 Å². The molecule has 0 bridgehead atoms. The van der Waals surface area contributed by atoms with E-state index in [1.54, 1.807) is 6.92 Å². The van der Waals surface area contributed by atoms with Crippen LogP contribution in [0.1, 0.15) is 16.8 Å². The second-order valence-corrected chi connectivity index (χ2v) is 4.28. The predicted molar refractivity (Wildman–Crippen MR) is 62.2 cm³/mol. The third-order valence-electron chi connectivity index (χ3n) is 2.69. The average Bonchev–Trinajstić information content (AvgIpc) is 2.36. The lowest BCUT2D eigenvalue weighted by atomic mass is 10.0. The number of aromatic nitrogens is 2. The van der Waals surface area contributed by atoms with Crippen LogP contribution in [0, 0.1) is 6.92 Å². The summed E-state index contributed by atoms with van der Waals surface area (Å²) in [6, 6.07) is 2.86. The molecule has 2 aromatic rings. The van der Waals surface area contributed by atoms with Crippen LogP contribution in [0.15, 0.2) is 30.5 Å². The Balaban J connectivity index is 2.67. The molecule has 0 aliphatic carbocycles. The first-order valence-corrected chi connectivity index (χ1v) is 5.67. The van der Waals surface area contributed by atoms with Gasteiger partial charge in [0.1, 0.15) is 0 Å². The maximum atomic E-state index is 13.0. The fourth-order valence-corrected chi connectivity index (χ4v) is 1.73. The summed E-state index contributed by atoms with van der Waals surface area (Å²) in [4.78, 5) is 7.50. The van der Waals surface area contributed by atoms with Crippen LogP contribution in [0.2, 0.25) is 0 Å². The van der Waals surface area contributed by atoms with Gasteiger partial charge in [0.15, 0.2) is 5.82 Å². The Labute approximate surface area is 115 Å². The van der Waals surface area contributed by atoms with E-state index < -0.39 is 29.0 Å². The van der Waals surface area contributed by atoms with Crippen LogP contribution in [0.3, 0.4) is 0 Å². The number of alkyl halides is 6. The molecule has 0 aliphatic heterocycles. The van der Waals surface area contributed by atoms with E-state index in [0.29, 0.717) is 11.8 Å². The van der Waals surface area contributed by atoms with E-state index in [1.807, 2.05) is 0 Å². The molecule has 0 fully saturated rings. The first kappa shape index (κ1) is 15.3. The molecule has 0 saturated carbocycles. The van der Waals surface area contributed by atoms with Crippen LogP contribution in [0.25, 0.3) is 11.4 Å². The van der Waals surface area contributed by atoms with Crippen molar-refractivity contribution in [1.29, 1.82) is 0 Å². The van der Waals surface area contributed by atoms with Crippen molar-refractivity contribution in [2.75, 3.05) is 0 Å². The molecule has 0 atom stereocenters. The molecule has 0 amide bonds. The number of benzene rings is 1. The Morgan fingerprint density at radius 3 is 2.10 bits per heavy atom. The number of aryl methyl sites for hydroxylation is 1. The zero-order chi connectivity index (χ0) is 15.8. The maximum absolute atomic E-state index is 13.0. The third-order valence-corrected chi connectivity index (χ3v) is 2.69. The molecule has 0 N–H and O–H groups in total. The minimum Gasteiger partial charge on any atom is -0.237 e. The molecule has 0 saturated heterocycles. The molecule has 2 rings (SSSR count). The molecule has 1 heterocycles. The van der Waals surface area contributed by atoms with Crippen molar-refractivity contribution in [1.82, 2.24) is 9.97 Å². The van der Waals surface area contributed by atoms with E-state index in [4.69, 9.17) is 0 Å². The van der Waals surface area contributed by atoms with Gasteiger partial charge in [0.25, 0.3) is 0 Å². The second-order valence-electron chi connectivity index (χ2n) is 4.28. The van der Waals surface area contributed by atoms with Crippen molar-refractivity contribution in [3.05, 3.63) is 47.3 Å². The summed E-state index contributed by atoms with van der Waals surface area (Å²) in [6.45, 7) is 1.54. The highest BCUT2D eigenvalue weighted by molar-refractivity contribution is 5.62. The minimum absolute atomic E-state index is 0.0705. The monoisotopic (exact) mass is 306 g/mol. The van der Waals surface area contributed by atoms with Crippen molar-refractivity contribution >= 4 is 0 Å². The molecule has 8 heteroatoms. The molecule has 0 spiro atoms. The summed E-state index contributed by atoms with van der Waals surface area (Å²) < 4.78 is 76.6. The van der Waals surface area contributed by atoms with Crippen LogP contribution in [-0.4, -0.2) is 9.97 Å². The summed E-state index contributed by atoms with van der Waals surface area (Å²) in [5, 5.41) is 0.